The lowest BCUT2D eigenvalue weighted by molar-refractivity contribution is 0.339. The molecule has 3 rings (SSSR count). The standard InChI is InChI=1S/C14H25N/c1-13(2)6-5-12(9-13)15-10-14(7-8-14)11-3-4-11/h11-12,15H,3-10H2,1-2H3. The topological polar surface area (TPSA) is 12.0 Å². The van der Waals surface area contributed by atoms with Crippen LogP contribution in [0.25, 0.3) is 0 Å². The summed E-state index contributed by atoms with van der Waals surface area (Å²) in [7, 11) is 0. The zero-order chi connectivity index (χ0) is 10.5. The molecule has 3 fully saturated rings. The summed E-state index contributed by atoms with van der Waals surface area (Å²) >= 11 is 0. The normalized spacial score (nSPS) is 36.8. The predicted octanol–water partition coefficient (Wildman–Crippen LogP) is 3.34. The van der Waals surface area contributed by atoms with Gasteiger partial charge in [0.1, 0.15) is 0 Å². The predicted molar refractivity (Wildman–Crippen MR) is 63.8 cm³/mol. The third-order valence-corrected chi connectivity index (χ3v) is 5.05. The molecule has 0 radical (unpaired) electrons. The lowest BCUT2D eigenvalue weighted by Gasteiger charge is -2.21. The lowest BCUT2D eigenvalue weighted by atomic mass is 9.91. The number of rotatable bonds is 4. The van der Waals surface area contributed by atoms with E-state index in [1.807, 2.05) is 0 Å². The summed E-state index contributed by atoms with van der Waals surface area (Å²) in [6.45, 7) is 6.17. The molecule has 1 nitrogen and oxygen atoms in total. The summed E-state index contributed by atoms with van der Waals surface area (Å²) in [5.74, 6) is 1.11. The van der Waals surface area contributed by atoms with Crippen LogP contribution in [-0.2, 0) is 0 Å². The van der Waals surface area contributed by atoms with Gasteiger partial charge in [0, 0.05) is 12.6 Å². The first-order chi connectivity index (χ1) is 7.10. The molecular weight excluding hydrogens is 182 g/mol. The maximum Gasteiger partial charge on any atom is 0.00725 e. The minimum absolute atomic E-state index is 0.605. The van der Waals surface area contributed by atoms with Gasteiger partial charge in [-0.1, -0.05) is 13.8 Å². The van der Waals surface area contributed by atoms with Gasteiger partial charge in [-0.15, -0.1) is 0 Å². The molecule has 0 aromatic carbocycles. The van der Waals surface area contributed by atoms with Gasteiger partial charge in [0.15, 0.2) is 0 Å². The molecule has 1 heteroatoms. The largest absolute Gasteiger partial charge is 0.313 e. The van der Waals surface area contributed by atoms with Crippen molar-refractivity contribution < 1.29 is 0 Å². The Morgan fingerprint density at radius 3 is 2.27 bits per heavy atom. The molecule has 1 unspecified atom stereocenters. The Hall–Kier alpha value is -0.0400. The van der Waals surface area contributed by atoms with Crippen LogP contribution in [-0.4, -0.2) is 12.6 Å². The van der Waals surface area contributed by atoms with E-state index in [4.69, 9.17) is 0 Å². The molecule has 15 heavy (non-hydrogen) atoms. The van der Waals surface area contributed by atoms with Gasteiger partial charge < -0.3 is 5.32 Å². The van der Waals surface area contributed by atoms with Crippen molar-refractivity contribution in [2.24, 2.45) is 16.7 Å². The highest BCUT2D eigenvalue weighted by atomic mass is 15.0. The van der Waals surface area contributed by atoms with Gasteiger partial charge in [0.05, 0.1) is 0 Å². The van der Waals surface area contributed by atoms with Crippen LogP contribution in [0.4, 0.5) is 0 Å². The van der Waals surface area contributed by atoms with Crippen molar-refractivity contribution in [2.75, 3.05) is 6.54 Å². The van der Waals surface area contributed by atoms with Gasteiger partial charge in [0.2, 0.25) is 0 Å². The fourth-order valence-electron chi connectivity index (χ4n) is 3.54. The SMILES string of the molecule is CC1(C)CCC(NCC2(C3CC3)CC2)C1. The van der Waals surface area contributed by atoms with Crippen LogP contribution in [0.2, 0.25) is 0 Å². The van der Waals surface area contributed by atoms with Crippen molar-refractivity contribution in [1.29, 1.82) is 0 Å². The average Bonchev–Trinajstić information content (AvgIpc) is 3.02. The van der Waals surface area contributed by atoms with E-state index in [-0.39, 0.29) is 0 Å². The van der Waals surface area contributed by atoms with Gasteiger partial charge in [-0.25, -0.2) is 0 Å². The lowest BCUT2D eigenvalue weighted by Crippen LogP contribution is -2.33. The highest BCUT2D eigenvalue weighted by Crippen LogP contribution is 2.61. The van der Waals surface area contributed by atoms with Gasteiger partial charge in [-0.05, 0) is 61.7 Å². The molecule has 0 aromatic rings. The van der Waals surface area contributed by atoms with Crippen molar-refractivity contribution in [2.45, 2.75) is 64.8 Å². The highest BCUT2D eigenvalue weighted by Gasteiger charge is 2.53. The summed E-state index contributed by atoms with van der Waals surface area (Å²) in [4.78, 5) is 0. The van der Waals surface area contributed by atoms with E-state index in [0.717, 1.165) is 17.4 Å². The smallest absolute Gasteiger partial charge is 0.00725 e. The molecule has 3 saturated carbocycles. The molecule has 0 aromatic heterocycles. The molecule has 3 aliphatic carbocycles. The van der Waals surface area contributed by atoms with Crippen molar-refractivity contribution in [3.63, 3.8) is 0 Å². The third-order valence-electron chi connectivity index (χ3n) is 5.05. The summed E-state index contributed by atoms with van der Waals surface area (Å²) in [6, 6.07) is 0.830. The fraction of sp³-hybridized carbons (Fsp3) is 1.00. The first kappa shape index (κ1) is 10.1. The van der Waals surface area contributed by atoms with E-state index in [1.54, 1.807) is 0 Å². The Morgan fingerprint density at radius 1 is 1.07 bits per heavy atom. The molecule has 0 aliphatic heterocycles. The molecule has 0 amide bonds. The Morgan fingerprint density at radius 2 is 1.80 bits per heavy atom. The van der Waals surface area contributed by atoms with E-state index >= 15 is 0 Å². The Labute approximate surface area is 94.0 Å². The number of nitrogens with one attached hydrogen (secondary N) is 1. The molecule has 1 N–H and O–H groups in total. The quantitative estimate of drug-likeness (QED) is 0.745. The second-order valence-corrected chi connectivity index (χ2v) is 7.12. The van der Waals surface area contributed by atoms with Crippen LogP contribution in [0, 0.1) is 16.7 Å². The van der Waals surface area contributed by atoms with Crippen molar-refractivity contribution in [3.05, 3.63) is 0 Å². The number of hydrogen-bond acceptors (Lipinski definition) is 1. The van der Waals surface area contributed by atoms with Crippen LogP contribution < -0.4 is 5.32 Å². The second-order valence-electron chi connectivity index (χ2n) is 7.12. The zero-order valence-electron chi connectivity index (χ0n) is 10.3. The monoisotopic (exact) mass is 207 g/mol. The minimum Gasteiger partial charge on any atom is -0.313 e. The summed E-state index contributed by atoms with van der Waals surface area (Å²) < 4.78 is 0. The Kier molecular flexibility index (Phi) is 2.18. The molecule has 3 aliphatic rings. The van der Waals surface area contributed by atoms with Crippen LogP contribution in [0.1, 0.15) is 58.8 Å². The van der Waals surface area contributed by atoms with E-state index in [2.05, 4.69) is 19.2 Å². The van der Waals surface area contributed by atoms with Crippen molar-refractivity contribution in [1.82, 2.24) is 5.32 Å². The molecule has 86 valence electrons. The van der Waals surface area contributed by atoms with Crippen LogP contribution in [0.5, 0.6) is 0 Å². The van der Waals surface area contributed by atoms with E-state index in [0.29, 0.717) is 5.41 Å². The fourth-order valence-corrected chi connectivity index (χ4v) is 3.54. The van der Waals surface area contributed by atoms with Crippen LogP contribution in [0.3, 0.4) is 0 Å². The van der Waals surface area contributed by atoms with E-state index in [1.165, 1.54) is 51.5 Å². The maximum atomic E-state index is 3.86. The average molecular weight is 207 g/mol. The molecule has 0 spiro atoms. The summed E-state index contributed by atoms with van der Waals surface area (Å²) in [6.07, 6.45) is 10.3. The second kappa shape index (κ2) is 3.23. The van der Waals surface area contributed by atoms with E-state index in [9.17, 15) is 0 Å². The summed E-state index contributed by atoms with van der Waals surface area (Å²) in [5, 5.41) is 3.86. The van der Waals surface area contributed by atoms with Crippen LogP contribution >= 0.6 is 0 Å². The molecule has 0 bridgehead atoms. The number of hydrogen-bond donors (Lipinski definition) is 1. The molecule has 0 heterocycles. The molecule has 1 atom stereocenters. The van der Waals surface area contributed by atoms with E-state index < -0.39 is 0 Å². The molecule has 0 saturated heterocycles. The first-order valence-corrected chi connectivity index (χ1v) is 6.83. The molecular formula is C14H25N. The van der Waals surface area contributed by atoms with Gasteiger partial charge in [-0.2, -0.15) is 0 Å². The van der Waals surface area contributed by atoms with Gasteiger partial charge >= 0.3 is 0 Å². The van der Waals surface area contributed by atoms with Gasteiger partial charge in [0.25, 0.3) is 0 Å². The van der Waals surface area contributed by atoms with Crippen molar-refractivity contribution in [3.8, 4) is 0 Å². The Bertz CT molecular complexity index is 248. The Balaban J connectivity index is 1.47. The zero-order valence-corrected chi connectivity index (χ0v) is 10.3. The third kappa shape index (κ3) is 2.08. The van der Waals surface area contributed by atoms with Crippen LogP contribution in [0.15, 0.2) is 0 Å². The van der Waals surface area contributed by atoms with Crippen molar-refractivity contribution >= 4 is 0 Å². The van der Waals surface area contributed by atoms with Gasteiger partial charge in [-0.3, -0.25) is 0 Å². The highest BCUT2D eigenvalue weighted by molar-refractivity contribution is 5.05. The maximum absolute atomic E-state index is 3.86. The minimum atomic E-state index is 0.605. The first-order valence-electron chi connectivity index (χ1n) is 6.83. The summed E-state index contributed by atoms with van der Waals surface area (Å²) in [5.41, 5.74) is 1.39.